The van der Waals surface area contributed by atoms with E-state index in [1.807, 2.05) is 6.92 Å². The van der Waals surface area contributed by atoms with E-state index in [0.717, 1.165) is 11.1 Å². The van der Waals surface area contributed by atoms with Gasteiger partial charge in [-0.2, -0.15) is 0 Å². The Labute approximate surface area is 163 Å². The summed E-state index contributed by atoms with van der Waals surface area (Å²) in [6.07, 6.45) is 0. The Morgan fingerprint density at radius 2 is 1.67 bits per heavy atom. The Hall–Kier alpha value is -2.42. The number of amides is 2. The highest BCUT2D eigenvalue weighted by atomic mass is 35.5. The number of carbonyl (C=O) groups excluding carboxylic acids is 2. The molecule has 2 aromatic carbocycles. The summed E-state index contributed by atoms with van der Waals surface area (Å²) in [5, 5.41) is 5.27. The largest absolute Gasteiger partial charge is 0.346 e. The molecule has 0 aliphatic carbocycles. The van der Waals surface area contributed by atoms with Crippen LogP contribution in [0.1, 0.15) is 11.1 Å². The van der Waals surface area contributed by atoms with Gasteiger partial charge in [0, 0.05) is 0 Å². The van der Waals surface area contributed by atoms with E-state index >= 15 is 0 Å². The summed E-state index contributed by atoms with van der Waals surface area (Å²) in [6.45, 7) is 2.89. The highest BCUT2D eigenvalue weighted by Crippen LogP contribution is 2.20. The fraction of sp³-hybridized carbons (Fsp3) is 0.222. The third-order valence-corrected chi connectivity index (χ3v) is 5.53. The van der Waals surface area contributed by atoms with E-state index in [9.17, 15) is 18.0 Å². The van der Waals surface area contributed by atoms with Gasteiger partial charge >= 0.3 is 0 Å². The molecule has 0 heterocycles. The standard InChI is InChI=1S/C18H20ClN3O4S/c1-12-7-8-14(9-13(12)2)27(25,26)21-11-17(23)20-10-18(24)22-16-6-4-3-5-15(16)19/h3-9,21H,10-11H2,1-2H3,(H,20,23)(H,22,24). The maximum absolute atomic E-state index is 12.2. The number of halogens is 1. The summed E-state index contributed by atoms with van der Waals surface area (Å²) < 4.78 is 26.7. The third kappa shape index (κ3) is 6.06. The van der Waals surface area contributed by atoms with E-state index in [2.05, 4.69) is 15.4 Å². The SMILES string of the molecule is Cc1ccc(S(=O)(=O)NCC(=O)NCC(=O)Nc2ccccc2Cl)cc1C. The molecule has 0 fully saturated rings. The van der Waals surface area contributed by atoms with Crippen LogP contribution in [0.4, 0.5) is 5.69 Å². The molecule has 144 valence electrons. The number of nitrogens with one attached hydrogen (secondary N) is 3. The molecule has 0 aromatic heterocycles. The first-order valence-corrected chi connectivity index (χ1v) is 9.93. The monoisotopic (exact) mass is 409 g/mol. The fourth-order valence-corrected chi connectivity index (χ4v) is 3.37. The van der Waals surface area contributed by atoms with Crippen LogP contribution < -0.4 is 15.4 Å². The van der Waals surface area contributed by atoms with Crippen LogP contribution >= 0.6 is 11.6 Å². The fourth-order valence-electron chi connectivity index (χ4n) is 2.12. The predicted molar refractivity (Wildman–Crippen MR) is 104 cm³/mol. The smallest absolute Gasteiger partial charge is 0.243 e. The molecule has 0 aliphatic rings. The molecule has 0 saturated carbocycles. The Bertz CT molecular complexity index is 961. The Morgan fingerprint density at radius 3 is 2.33 bits per heavy atom. The van der Waals surface area contributed by atoms with Gasteiger partial charge < -0.3 is 10.6 Å². The lowest BCUT2D eigenvalue weighted by molar-refractivity contribution is -0.123. The highest BCUT2D eigenvalue weighted by Gasteiger charge is 2.16. The lowest BCUT2D eigenvalue weighted by atomic mass is 10.1. The second-order valence-electron chi connectivity index (χ2n) is 5.88. The van der Waals surface area contributed by atoms with Crippen LogP contribution in [-0.2, 0) is 19.6 Å². The quantitative estimate of drug-likeness (QED) is 0.650. The molecule has 0 saturated heterocycles. The van der Waals surface area contributed by atoms with Crippen LogP contribution in [0, 0.1) is 13.8 Å². The summed E-state index contributed by atoms with van der Waals surface area (Å²) in [5.41, 5.74) is 2.23. The molecule has 2 aromatic rings. The number of carbonyl (C=O) groups is 2. The molecule has 2 amide bonds. The Balaban J connectivity index is 1.84. The van der Waals surface area contributed by atoms with E-state index in [0.29, 0.717) is 10.7 Å². The number of hydrogen-bond donors (Lipinski definition) is 3. The minimum Gasteiger partial charge on any atom is -0.346 e. The Morgan fingerprint density at radius 1 is 0.963 bits per heavy atom. The maximum Gasteiger partial charge on any atom is 0.243 e. The molecule has 0 spiro atoms. The predicted octanol–water partition coefficient (Wildman–Crippen LogP) is 1.99. The van der Waals surface area contributed by atoms with Crippen molar-refractivity contribution in [3.63, 3.8) is 0 Å². The van der Waals surface area contributed by atoms with Gasteiger partial charge in [-0.15, -0.1) is 0 Å². The number of hydrogen-bond acceptors (Lipinski definition) is 4. The zero-order valence-corrected chi connectivity index (χ0v) is 16.4. The zero-order valence-electron chi connectivity index (χ0n) is 14.9. The van der Waals surface area contributed by atoms with Crippen LogP contribution in [0.5, 0.6) is 0 Å². The molecule has 9 heteroatoms. The van der Waals surface area contributed by atoms with Gasteiger partial charge in [0.05, 0.1) is 28.7 Å². The van der Waals surface area contributed by atoms with Gasteiger partial charge in [-0.05, 0) is 49.2 Å². The highest BCUT2D eigenvalue weighted by molar-refractivity contribution is 7.89. The van der Waals surface area contributed by atoms with Crippen LogP contribution in [0.25, 0.3) is 0 Å². The molecule has 0 unspecified atom stereocenters. The molecule has 0 radical (unpaired) electrons. The molecule has 0 atom stereocenters. The zero-order chi connectivity index (χ0) is 20.0. The maximum atomic E-state index is 12.2. The van der Waals surface area contributed by atoms with E-state index in [1.54, 1.807) is 37.3 Å². The molecule has 0 aliphatic heterocycles. The lowest BCUT2D eigenvalue weighted by Crippen LogP contribution is -2.40. The van der Waals surface area contributed by atoms with E-state index < -0.39 is 28.4 Å². The molecular weight excluding hydrogens is 390 g/mol. The number of anilines is 1. The summed E-state index contributed by atoms with van der Waals surface area (Å²) >= 11 is 5.93. The van der Waals surface area contributed by atoms with Gasteiger partial charge in [0.1, 0.15) is 0 Å². The van der Waals surface area contributed by atoms with Gasteiger partial charge in [-0.3, -0.25) is 9.59 Å². The second kappa shape index (κ2) is 8.98. The van der Waals surface area contributed by atoms with Crippen molar-refractivity contribution >= 4 is 39.1 Å². The van der Waals surface area contributed by atoms with E-state index in [1.165, 1.54) is 12.1 Å². The van der Waals surface area contributed by atoms with Crippen molar-refractivity contribution < 1.29 is 18.0 Å². The molecule has 7 nitrogen and oxygen atoms in total. The number of aryl methyl sites for hydroxylation is 2. The van der Waals surface area contributed by atoms with Crippen LogP contribution in [-0.4, -0.2) is 33.3 Å². The van der Waals surface area contributed by atoms with Gasteiger partial charge in [0.25, 0.3) is 0 Å². The minimum absolute atomic E-state index is 0.0786. The first-order valence-electron chi connectivity index (χ1n) is 8.07. The van der Waals surface area contributed by atoms with Gasteiger partial charge in [0.15, 0.2) is 0 Å². The number of para-hydroxylation sites is 1. The summed E-state index contributed by atoms with van der Waals surface area (Å²) in [5.74, 6) is -1.11. The molecule has 2 rings (SSSR count). The average molecular weight is 410 g/mol. The van der Waals surface area contributed by atoms with Crippen LogP contribution in [0.15, 0.2) is 47.4 Å². The third-order valence-electron chi connectivity index (χ3n) is 3.81. The van der Waals surface area contributed by atoms with Crippen molar-refractivity contribution in [1.82, 2.24) is 10.0 Å². The van der Waals surface area contributed by atoms with E-state index in [-0.39, 0.29) is 11.4 Å². The van der Waals surface area contributed by atoms with Gasteiger partial charge in [-0.1, -0.05) is 29.8 Å². The van der Waals surface area contributed by atoms with Crippen molar-refractivity contribution in [3.05, 3.63) is 58.6 Å². The normalized spacial score (nSPS) is 11.1. The summed E-state index contributed by atoms with van der Waals surface area (Å²) in [7, 11) is -3.82. The van der Waals surface area contributed by atoms with Crippen LogP contribution in [0.2, 0.25) is 5.02 Å². The van der Waals surface area contributed by atoms with Crippen molar-refractivity contribution in [2.24, 2.45) is 0 Å². The Kier molecular flexibility index (Phi) is 6.95. The van der Waals surface area contributed by atoms with Gasteiger partial charge in [-0.25, -0.2) is 13.1 Å². The molecular formula is C18H20ClN3O4S. The van der Waals surface area contributed by atoms with Crippen molar-refractivity contribution in [3.8, 4) is 0 Å². The number of rotatable bonds is 7. The minimum atomic E-state index is -3.82. The molecule has 27 heavy (non-hydrogen) atoms. The van der Waals surface area contributed by atoms with Crippen LogP contribution in [0.3, 0.4) is 0 Å². The van der Waals surface area contributed by atoms with Crippen molar-refractivity contribution in [2.45, 2.75) is 18.7 Å². The first-order chi connectivity index (χ1) is 12.7. The van der Waals surface area contributed by atoms with E-state index in [4.69, 9.17) is 11.6 Å². The first kappa shape index (κ1) is 20.9. The lowest BCUT2D eigenvalue weighted by Gasteiger charge is -2.10. The molecule has 0 bridgehead atoms. The van der Waals surface area contributed by atoms with Crippen molar-refractivity contribution in [2.75, 3.05) is 18.4 Å². The second-order valence-corrected chi connectivity index (χ2v) is 8.05. The topological polar surface area (TPSA) is 104 Å². The average Bonchev–Trinajstić information content (AvgIpc) is 2.62. The summed E-state index contributed by atoms with van der Waals surface area (Å²) in [6, 6.07) is 11.4. The van der Waals surface area contributed by atoms with Gasteiger partial charge in [0.2, 0.25) is 21.8 Å². The number of benzene rings is 2. The number of sulfonamides is 1. The summed E-state index contributed by atoms with van der Waals surface area (Å²) in [4.78, 5) is 23.7. The van der Waals surface area contributed by atoms with Crippen molar-refractivity contribution in [1.29, 1.82) is 0 Å². The molecule has 3 N–H and O–H groups in total.